The van der Waals surface area contributed by atoms with Crippen LogP contribution in [-0.2, 0) is 12.7 Å². The van der Waals surface area contributed by atoms with Crippen molar-refractivity contribution in [2.45, 2.75) is 12.7 Å². The van der Waals surface area contributed by atoms with Gasteiger partial charge in [0.2, 0.25) is 0 Å². The molecule has 4 heterocycles. The fourth-order valence-electron chi connectivity index (χ4n) is 3.59. The van der Waals surface area contributed by atoms with Gasteiger partial charge in [0.1, 0.15) is 0 Å². The van der Waals surface area contributed by atoms with Crippen molar-refractivity contribution in [3.05, 3.63) is 97.1 Å². The van der Waals surface area contributed by atoms with Crippen molar-refractivity contribution in [1.82, 2.24) is 14.0 Å². The molecular weight excluding hydrogens is 391 g/mol. The van der Waals surface area contributed by atoms with Crippen LogP contribution < -0.4 is 0 Å². The standard InChI is InChI=1S/C23H16F3N3O/c24-23(25,26)20-9-19(18-6-7-30-14-18)12-29-11-16(8-22(20)29)10-28-13-21(27-15-28)17-4-2-1-3-5-17/h1-9,11-15H,10H2. The number of alkyl halides is 3. The maximum atomic E-state index is 13.7. The number of benzene rings is 1. The molecule has 0 N–H and O–H groups in total. The summed E-state index contributed by atoms with van der Waals surface area (Å²) in [4.78, 5) is 4.41. The minimum Gasteiger partial charge on any atom is -0.472 e. The average molecular weight is 407 g/mol. The van der Waals surface area contributed by atoms with Crippen molar-refractivity contribution >= 4 is 5.52 Å². The van der Waals surface area contributed by atoms with Gasteiger partial charge in [-0.15, -0.1) is 0 Å². The molecule has 0 atom stereocenters. The first kappa shape index (κ1) is 18.3. The second-order valence-electron chi connectivity index (χ2n) is 7.09. The Bertz CT molecular complexity index is 1300. The number of furan rings is 1. The van der Waals surface area contributed by atoms with E-state index in [1.54, 1.807) is 30.9 Å². The predicted octanol–water partition coefficient (Wildman–Crippen LogP) is 6.13. The average Bonchev–Trinajstić information content (AvgIpc) is 3.47. The summed E-state index contributed by atoms with van der Waals surface area (Å²) >= 11 is 0. The van der Waals surface area contributed by atoms with E-state index in [9.17, 15) is 13.2 Å². The largest absolute Gasteiger partial charge is 0.472 e. The number of nitrogens with zero attached hydrogens (tertiary/aromatic N) is 3. The molecule has 0 aliphatic carbocycles. The van der Waals surface area contributed by atoms with E-state index in [4.69, 9.17) is 4.42 Å². The van der Waals surface area contributed by atoms with E-state index in [1.807, 2.05) is 41.1 Å². The lowest BCUT2D eigenvalue weighted by Crippen LogP contribution is -2.07. The zero-order valence-electron chi connectivity index (χ0n) is 15.7. The Kier molecular flexibility index (Phi) is 4.24. The van der Waals surface area contributed by atoms with E-state index in [0.717, 1.165) is 22.9 Å². The van der Waals surface area contributed by atoms with Gasteiger partial charge in [-0.05, 0) is 23.8 Å². The van der Waals surface area contributed by atoms with Gasteiger partial charge in [0.15, 0.2) is 0 Å². The maximum absolute atomic E-state index is 13.7. The molecule has 0 unspecified atom stereocenters. The number of hydrogen-bond donors (Lipinski definition) is 0. The van der Waals surface area contributed by atoms with Crippen LogP contribution in [0.5, 0.6) is 0 Å². The van der Waals surface area contributed by atoms with Crippen LogP contribution in [0.1, 0.15) is 11.1 Å². The van der Waals surface area contributed by atoms with E-state index in [-0.39, 0.29) is 5.52 Å². The van der Waals surface area contributed by atoms with Crippen LogP contribution in [0.3, 0.4) is 0 Å². The van der Waals surface area contributed by atoms with Gasteiger partial charge in [0.05, 0.1) is 42.2 Å². The Labute approximate surface area is 169 Å². The van der Waals surface area contributed by atoms with E-state index < -0.39 is 11.7 Å². The van der Waals surface area contributed by atoms with E-state index in [0.29, 0.717) is 17.7 Å². The minimum absolute atomic E-state index is 0.119. The highest BCUT2D eigenvalue weighted by Gasteiger charge is 2.34. The molecule has 0 spiro atoms. The number of imidazole rings is 1. The van der Waals surface area contributed by atoms with Crippen LogP contribution in [0.4, 0.5) is 13.2 Å². The van der Waals surface area contributed by atoms with Crippen LogP contribution in [0.2, 0.25) is 0 Å². The molecule has 7 heteroatoms. The lowest BCUT2D eigenvalue weighted by Gasteiger charge is -2.11. The molecule has 0 saturated heterocycles. The number of hydrogen-bond acceptors (Lipinski definition) is 2. The predicted molar refractivity (Wildman–Crippen MR) is 107 cm³/mol. The molecule has 0 saturated carbocycles. The Balaban J connectivity index is 1.53. The molecule has 5 rings (SSSR count). The van der Waals surface area contributed by atoms with Gasteiger partial charge in [-0.2, -0.15) is 13.2 Å². The molecule has 0 bridgehead atoms. The summed E-state index contributed by atoms with van der Waals surface area (Å²) in [5.41, 5.74) is 3.04. The number of rotatable bonds is 4. The van der Waals surface area contributed by atoms with Crippen LogP contribution >= 0.6 is 0 Å². The van der Waals surface area contributed by atoms with E-state index >= 15 is 0 Å². The molecule has 5 aromatic rings. The quantitative estimate of drug-likeness (QED) is 0.359. The first-order valence-corrected chi connectivity index (χ1v) is 9.29. The highest BCUT2D eigenvalue weighted by Crippen LogP contribution is 2.36. The molecule has 0 aliphatic heterocycles. The van der Waals surface area contributed by atoms with Crippen LogP contribution in [-0.4, -0.2) is 14.0 Å². The summed E-state index contributed by atoms with van der Waals surface area (Å²) in [6, 6.07) is 14.1. The topological polar surface area (TPSA) is 35.4 Å². The van der Waals surface area contributed by atoms with Crippen molar-refractivity contribution in [3.63, 3.8) is 0 Å². The second kappa shape index (κ2) is 6.95. The Morgan fingerprint density at radius 1 is 0.900 bits per heavy atom. The molecule has 0 radical (unpaired) electrons. The van der Waals surface area contributed by atoms with Gasteiger partial charge in [0.25, 0.3) is 0 Å². The third-order valence-electron chi connectivity index (χ3n) is 4.99. The Morgan fingerprint density at radius 2 is 1.73 bits per heavy atom. The monoisotopic (exact) mass is 407 g/mol. The van der Waals surface area contributed by atoms with Gasteiger partial charge in [0, 0.05) is 35.3 Å². The Morgan fingerprint density at radius 3 is 2.47 bits per heavy atom. The van der Waals surface area contributed by atoms with Gasteiger partial charge >= 0.3 is 6.18 Å². The number of fused-ring (bicyclic) bond motifs is 1. The molecule has 0 fully saturated rings. The zero-order chi connectivity index (χ0) is 20.7. The lowest BCUT2D eigenvalue weighted by atomic mass is 10.1. The lowest BCUT2D eigenvalue weighted by molar-refractivity contribution is -0.136. The molecular formula is C23H16F3N3O. The van der Waals surface area contributed by atoms with Crippen LogP contribution in [0, 0.1) is 0 Å². The molecule has 4 nitrogen and oxygen atoms in total. The summed E-state index contributed by atoms with van der Waals surface area (Å²) < 4.78 is 49.6. The van der Waals surface area contributed by atoms with Gasteiger partial charge < -0.3 is 13.4 Å². The second-order valence-corrected chi connectivity index (χ2v) is 7.09. The summed E-state index contributed by atoms with van der Waals surface area (Å²) in [6.45, 7) is 0.417. The minimum atomic E-state index is -4.47. The van der Waals surface area contributed by atoms with Crippen molar-refractivity contribution in [3.8, 4) is 22.4 Å². The third-order valence-corrected chi connectivity index (χ3v) is 4.99. The molecule has 0 amide bonds. The smallest absolute Gasteiger partial charge is 0.418 e. The summed E-state index contributed by atoms with van der Waals surface area (Å²) in [5, 5.41) is 0. The normalized spacial score (nSPS) is 12.0. The third kappa shape index (κ3) is 3.39. The SMILES string of the molecule is FC(F)(F)c1cc(-c2ccoc2)cn2cc(Cn3cnc(-c4ccccc4)c3)cc12. The van der Waals surface area contributed by atoms with Crippen LogP contribution in [0.25, 0.3) is 27.9 Å². The molecule has 0 aliphatic rings. The summed E-state index contributed by atoms with van der Waals surface area (Å²) in [5.74, 6) is 0. The van der Waals surface area contributed by atoms with Crippen molar-refractivity contribution in [1.29, 1.82) is 0 Å². The van der Waals surface area contributed by atoms with Crippen molar-refractivity contribution in [2.24, 2.45) is 0 Å². The van der Waals surface area contributed by atoms with Gasteiger partial charge in [-0.1, -0.05) is 30.3 Å². The molecule has 30 heavy (non-hydrogen) atoms. The van der Waals surface area contributed by atoms with E-state index in [2.05, 4.69) is 4.98 Å². The Hall–Kier alpha value is -3.74. The van der Waals surface area contributed by atoms with Crippen molar-refractivity contribution < 1.29 is 17.6 Å². The zero-order valence-corrected chi connectivity index (χ0v) is 15.7. The summed E-state index contributed by atoms with van der Waals surface area (Å²) in [7, 11) is 0. The number of pyridine rings is 1. The fraction of sp³-hybridized carbons (Fsp3) is 0.0870. The maximum Gasteiger partial charge on any atom is 0.418 e. The van der Waals surface area contributed by atoms with Gasteiger partial charge in [-0.25, -0.2) is 4.98 Å². The van der Waals surface area contributed by atoms with E-state index in [1.165, 1.54) is 16.9 Å². The molecule has 1 aromatic carbocycles. The van der Waals surface area contributed by atoms with Crippen molar-refractivity contribution in [2.75, 3.05) is 0 Å². The highest BCUT2D eigenvalue weighted by molar-refractivity contribution is 5.69. The molecule has 150 valence electrons. The van der Waals surface area contributed by atoms with Crippen LogP contribution in [0.15, 0.2) is 90.4 Å². The first-order valence-electron chi connectivity index (χ1n) is 9.29. The number of halogens is 3. The summed E-state index contributed by atoms with van der Waals surface area (Å²) in [6.07, 6.45) is 5.38. The molecule has 4 aromatic heterocycles. The van der Waals surface area contributed by atoms with Gasteiger partial charge in [-0.3, -0.25) is 0 Å². The fourth-order valence-corrected chi connectivity index (χ4v) is 3.59. The number of aromatic nitrogens is 3. The highest BCUT2D eigenvalue weighted by atomic mass is 19.4. The first-order chi connectivity index (χ1) is 14.5.